The summed E-state index contributed by atoms with van der Waals surface area (Å²) in [5, 5.41) is 13.6. The predicted molar refractivity (Wildman–Crippen MR) is 112 cm³/mol. The summed E-state index contributed by atoms with van der Waals surface area (Å²) in [5.74, 6) is -0.747. The Hall–Kier alpha value is -3.65. The molecule has 0 aliphatic carbocycles. The number of anilines is 1. The number of phenols is 1. The van der Waals surface area contributed by atoms with E-state index in [1.807, 2.05) is 6.92 Å². The first-order valence-electron chi connectivity index (χ1n) is 8.67. The van der Waals surface area contributed by atoms with Gasteiger partial charge in [-0.25, -0.2) is 13.8 Å². The second-order valence-corrected chi connectivity index (χ2v) is 7.90. The smallest absolute Gasteiger partial charge is 0.275 e. The molecule has 8 heteroatoms. The summed E-state index contributed by atoms with van der Waals surface area (Å²) >= 11 is 0. The molecule has 0 atom stereocenters. The van der Waals surface area contributed by atoms with Crippen LogP contribution in [0.1, 0.15) is 21.5 Å². The molecule has 3 aromatic rings. The fourth-order valence-electron chi connectivity index (χ4n) is 2.51. The van der Waals surface area contributed by atoms with E-state index in [4.69, 9.17) is 0 Å². The van der Waals surface area contributed by atoms with Crippen molar-refractivity contribution in [2.24, 2.45) is 5.10 Å². The Bertz CT molecular complexity index is 1160. The number of aryl methyl sites for hydroxylation is 1. The number of nitrogens with zero attached hydrogens (tertiary/aromatic N) is 1. The van der Waals surface area contributed by atoms with Crippen molar-refractivity contribution in [2.75, 3.05) is 4.72 Å². The number of amides is 1. The Morgan fingerprint density at radius 1 is 0.966 bits per heavy atom. The van der Waals surface area contributed by atoms with Crippen LogP contribution in [0.3, 0.4) is 0 Å². The van der Waals surface area contributed by atoms with Crippen LogP contribution in [0.2, 0.25) is 0 Å². The molecule has 7 nitrogen and oxygen atoms in total. The summed E-state index contributed by atoms with van der Waals surface area (Å²) in [6, 6.07) is 19.2. The molecule has 0 aliphatic heterocycles. The highest BCUT2D eigenvalue weighted by molar-refractivity contribution is 7.92. The van der Waals surface area contributed by atoms with Crippen LogP contribution in [0.15, 0.2) is 82.8 Å². The van der Waals surface area contributed by atoms with Crippen LogP contribution in [0, 0.1) is 6.92 Å². The van der Waals surface area contributed by atoms with Crippen LogP contribution in [-0.2, 0) is 10.0 Å². The number of aromatic hydroxyl groups is 1. The first-order chi connectivity index (χ1) is 13.9. The fourth-order valence-corrected chi connectivity index (χ4v) is 3.60. The molecule has 1 amide bonds. The van der Waals surface area contributed by atoms with Crippen molar-refractivity contribution in [3.8, 4) is 5.75 Å². The first kappa shape index (κ1) is 20.1. The molecule has 29 heavy (non-hydrogen) atoms. The molecular weight excluding hydrogens is 390 g/mol. The predicted octanol–water partition coefficient (Wildman–Crippen LogP) is 3.27. The van der Waals surface area contributed by atoms with E-state index in [0.29, 0.717) is 11.3 Å². The van der Waals surface area contributed by atoms with E-state index in [9.17, 15) is 18.3 Å². The highest BCUT2D eigenvalue weighted by Crippen LogP contribution is 2.19. The molecule has 148 valence electrons. The minimum Gasteiger partial charge on any atom is -0.507 e. The average molecular weight is 409 g/mol. The van der Waals surface area contributed by atoms with Crippen LogP contribution in [-0.4, -0.2) is 25.6 Å². The normalized spacial score (nSPS) is 11.3. The molecule has 0 heterocycles. The number of hydrazone groups is 1. The minimum absolute atomic E-state index is 0.0815. The molecule has 0 saturated carbocycles. The quantitative estimate of drug-likeness (QED) is 0.429. The van der Waals surface area contributed by atoms with Gasteiger partial charge in [-0.3, -0.25) is 9.52 Å². The van der Waals surface area contributed by atoms with Gasteiger partial charge in [0.2, 0.25) is 0 Å². The molecule has 0 fully saturated rings. The number of carbonyl (C=O) groups is 1. The van der Waals surface area contributed by atoms with Crippen LogP contribution in [0.5, 0.6) is 5.75 Å². The van der Waals surface area contributed by atoms with Gasteiger partial charge in [0.15, 0.2) is 0 Å². The van der Waals surface area contributed by atoms with Gasteiger partial charge in [-0.05, 0) is 37.3 Å². The van der Waals surface area contributed by atoms with E-state index < -0.39 is 15.9 Å². The van der Waals surface area contributed by atoms with E-state index in [1.54, 1.807) is 48.5 Å². The number of nitrogens with one attached hydrogen (secondary N) is 2. The average Bonchev–Trinajstić information content (AvgIpc) is 2.69. The Balaban J connectivity index is 1.77. The van der Waals surface area contributed by atoms with Crippen LogP contribution >= 0.6 is 0 Å². The zero-order valence-electron chi connectivity index (χ0n) is 15.5. The van der Waals surface area contributed by atoms with Crippen molar-refractivity contribution in [3.63, 3.8) is 0 Å². The zero-order chi connectivity index (χ0) is 20.9. The molecule has 3 aromatic carbocycles. The SMILES string of the molecule is Cc1ccc(S(=O)(=O)Nc2ccccc2/C=N\NC(=O)c2ccccc2O)cc1. The lowest BCUT2D eigenvalue weighted by Crippen LogP contribution is -2.18. The van der Waals surface area contributed by atoms with Crippen molar-refractivity contribution in [3.05, 3.63) is 89.5 Å². The summed E-state index contributed by atoms with van der Waals surface area (Å²) in [5.41, 5.74) is 4.12. The molecule has 0 saturated heterocycles. The number of hydrogen-bond donors (Lipinski definition) is 3. The van der Waals surface area contributed by atoms with Crippen molar-refractivity contribution >= 4 is 27.8 Å². The molecule has 3 N–H and O–H groups in total. The summed E-state index contributed by atoms with van der Waals surface area (Å²) in [6.07, 6.45) is 1.32. The van der Waals surface area contributed by atoms with Gasteiger partial charge >= 0.3 is 0 Å². The highest BCUT2D eigenvalue weighted by Gasteiger charge is 2.15. The minimum atomic E-state index is -3.77. The summed E-state index contributed by atoms with van der Waals surface area (Å²) in [7, 11) is -3.77. The van der Waals surface area contributed by atoms with Crippen LogP contribution < -0.4 is 10.1 Å². The number of hydrogen-bond acceptors (Lipinski definition) is 5. The number of para-hydroxylation sites is 2. The van der Waals surface area contributed by atoms with Gasteiger partial charge in [-0.1, -0.05) is 48.0 Å². The van der Waals surface area contributed by atoms with Crippen molar-refractivity contribution < 1.29 is 18.3 Å². The summed E-state index contributed by atoms with van der Waals surface area (Å²) in [4.78, 5) is 12.2. The van der Waals surface area contributed by atoms with Gasteiger partial charge in [-0.15, -0.1) is 0 Å². The highest BCUT2D eigenvalue weighted by atomic mass is 32.2. The fraction of sp³-hybridized carbons (Fsp3) is 0.0476. The Morgan fingerprint density at radius 3 is 2.34 bits per heavy atom. The molecule has 3 rings (SSSR count). The van der Waals surface area contributed by atoms with Crippen LogP contribution in [0.4, 0.5) is 5.69 Å². The summed E-state index contributed by atoms with van der Waals surface area (Å²) < 4.78 is 27.8. The van der Waals surface area contributed by atoms with Gasteiger partial charge in [0.25, 0.3) is 15.9 Å². The molecule has 0 aliphatic rings. The van der Waals surface area contributed by atoms with Crippen molar-refractivity contribution in [1.82, 2.24) is 5.43 Å². The number of rotatable bonds is 6. The van der Waals surface area contributed by atoms with E-state index >= 15 is 0 Å². The lowest BCUT2D eigenvalue weighted by atomic mass is 10.2. The Kier molecular flexibility index (Phi) is 5.94. The second kappa shape index (κ2) is 8.57. The number of benzene rings is 3. The Labute approximate surface area is 168 Å². The van der Waals surface area contributed by atoms with Crippen LogP contribution in [0.25, 0.3) is 0 Å². The third-order valence-corrected chi connectivity index (χ3v) is 5.44. The first-order valence-corrected chi connectivity index (χ1v) is 10.1. The topological polar surface area (TPSA) is 108 Å². The van der Waals surface area contributed by atoms with Crippen molar-refractivity contribution in [2.45, 2.75) is 11.8 Å². The van der Waals surface area contributed by atoms with Gasteiger partial charge in [0, 0.05) is 5.56 Å². The van der Waals surface area contributed by atoms with E-state index in [0.717, 1.165) is 5.56 Å². The summed E-state index contributed by atoms with van der Waals surface area (Å²) in [6.45, 7) is 1.87. The maximum absolute atomic E-state index is 12.6. The maximum Gasteiger partial charge on any atom is 0.275 e. The molecule has 0 bridgehead atoms. The molecule has 0 unspecified atom stereocenters. The lowest BCUT2D eigenvalue weighted by Gasteiger charge is -2.10. The van der Waals surface area contributed by atoms with Crippen molar-refractivity contribution in [1.29, 1.82) is 0 Å². The third kappa shape index (κ3) is 4.99. The molecule has 0 spiro atoms. The monoisotopic (exact) mass is 409 g/mol. The Morgan fingerprint density at radius 2 is 1.62 bits per heavy atom. The maximum atomic E-state index is 12.6. The van der Waals surface area contributed by atoms with Gasteiger partial charge in [-0.2, -0.15) is 5.10 Å². The third-order valence-electron chi connectivity index (χ3n) is 4.05. The molecule has 0 radical (unpaired) electrons. The zero-order valence-corrected chi connectivity index (χ0v) is 16.3. The van der Waals surface area contributed by atoms with Gasteiger partial charge in [0.05, 0.1) is 22.4 Å². The van der Waals surface area contributed by atoms with E-state index in [2.05, 4.69) is 15.2 Å². The molecular formula is C21H19N3O4S. The van der Waals surface area contributed by atoms with E-state index in [-0.39, 0.29) is 16.2 Å². The van der Waals surface area contributed by atoms with Gasteiger partial charge < -0.3 is 5.11 Å². The van der Waals surface area contributed by atoms with Gasteiger partial charge in [0.1, 0.15) is 5.75 Å². The second-order valence-electron chi connectivity index (χ2n) is 6.22. The largest absolute Gasteiger partial charge is 0.507 e. The number of phenolic OH excluding ortho intramolecular Hbond substituents is 1. The van der Waals surface area contributed by atoms with E-state index in [1.165, 1.54) is 30.5 Å². The number of carbonyl (C=O) groups excluding carboxylic acids is 1. The standard InChI is InChI=1S/C21H19N3O4S/c1-15-10-12-17(13-11-15)29(27,28)24-19-8-4-2-6-16(19)14-22-23-21(26)18-7-3-5-9-20(18)25/h2-14,24-25H,1H3,(H,23,26)/b22-14-. The molecule has 0 aromatic heterocycles. The lowest BCUT2D eigenvalue weighted by molar-refractivity contribution is 0.0952. The number of sulfonamides is 1.